The summed E-state index contributed by atoms with van der Waals surface area (Å²) in [7, 11) is 0. The van der Waals surface area contributed by atoms with Gasteiger partial charge in [-0.1, -0.05) is 23.2 Å². The molecular weight excluding hydrogens is 190 g/mol. The van der Waals surface area contributed by atoms with E-state index in [0.717, 1.165) is 11.6 Å². The molecule has 2 aliphatic rings. The van der Waals surface area contributed by atoms with Gasteiger partial charge in [-0.3, -0.25) is 0 Å². The molecule has 2 fully saturated rings. The third-order valence-electron chi connectivity index (χ3n) is 3.89. The molecule has 1 aromatic rings. The van der Waals surface area contributed by atoms with Crippen LogP contribution in [0.25, 0.3) is 0 Å². The topological polar surface area (TPSA) is 51.0 Å². The zero-order valence-electron chi connectivity index (χ0n) is 8.85. The summed E-state index contributed by atoms with van der Waals surface area (Å²) in [5.41, 5.74) is 0.971. The normalized spacial score (nSPS) is 36.1. The monoisotopic (exact) mass is 207 g/mol. The van der Waals surface area contributed by atoms with Crippen LogP contribution in [0.5, 0.6) is 0 Å². The van der Waals surface area contributed by atoms with Crippen molar-refractivity contribution in [1.82, 2.24) is 15.6 Å². The van der Waals surface area contributed by atoms with Crippen LogP contribution >= 0.6 is 0 Å². The second-order valence-electron chi connectivity index (χ2n) is 4.78. The van der Waals surface area contributed by atoms with Crippen molar-refractivity contribution >= 4 is 0 Å². The Morgan fingerprint density at radius 2 is 2.13 bits per heavy atom. The lowest BCUT2D eigenvalue weighted by atomic mass is 9.77. The highest BCUT2D eigenvalue weighted by atomic mass is 16.6. The number of piperidine rings is 1. The Kier molecular flexibility index (Phi) is 2.44. The average molecular weight is 207 g/mol. The first-order valence-electron chi connectivity index (χ1n) is 5.97. The van der Waals surface area contributed by atoms with Gasteiger partial charge in [0.25, 0.3) is 0 Å². The summed E-state index contributed by atoms with van der Waals surface area (Å²) < 4.78 is 4.66. The summed E-state index contributed by atoms with van der Waals surface area (Å²) in [6.45, 7) is 0. The Labute approximate surface area is 89.4 Å². The van der Waals surface area contributed by atoms with E-state index < -0.39 is 0 Å². The van der Waals surface area contributed by atoms with Crippen LogP contribution in [-0.4, -0.2) is 16.4 Å². The fourth-order valence-corrected chi connectivity index (χ4v) is 3.05. The molecule has 1 aliphatic carbocycles. The standard InChI is InChI=1S/C11H17N3O/c1-2-4-9-8(3-1)5-6-10(13-9)11-7-12-15-14-11/h7-10,13H,1-6H2. The number of nitrogens with zero attached hydrogens (tertiary/aromatic N) is 2. The molecule has 82 valence electrons. The number of nitrogens with one attached hydrogen (secondary N) is 1. The molecule has 0 aromatic carbocycles. The molecule has 1 saturated carbocycles. The summed E-state index contributed by atoms with van der Waals surface area (Å²) in [5.74, 6) is 0.898. The zero-order valence-corrected chi connectivity index (χ0v) is 8.85. The molecule has 4 nitrogen and oxygen atoms in total. The van der Waals surface area contributed by atoms with Crippen LogP contribution in [0, 0.1) is 5.92 Å². The molecule has 1 aromatic heterocycles. The molecule has 3 unspecified atom stereocenters. The minimum atomic E-state index is 0.371. The molecule has 1 aliphatic heterocycles. The maximum atomic E-state index is 4.66. The fraction of sp³-hybridized carbons (Fsp3) is 0.818. The van der Waals surface area contributed by atoms with E-state index >= 15 is 0 Å². The van der Waals surface area contributed by atoms with Crippen molar-refractivity contribution in [2.24, 2.45) is 5.92 Å². The molecule has 3 rings (SSSR count). The zero-order chi connectivity index (χ0) is 10.1. The van der Waals surface area contributed by atoms with E-state index in [1.807, 2.05) is 0 Å². The smallest absolute Gasteiger partial charge is 0.122 e. The molecule has 15 heavy (non-hydrogen) atoms. The fourth-order valence-electron chi connectivity index (χ4n) is 3.05. The lowest BCUT2D eigenvalue weighted by Gasteiger charge is -2.39. The summed E-state index contributed by atoms with van der Waals surface area (Å²) in [5, 5.41) is 11.3. The van der Waals surface area contributed by atoms with Crippen LogP contribution in [-0.2, 0) is 0 Å². The van der Waals surface area contributed by atoms with Gasteiger partial charge in [0.1, 0.15) is 5.69 Å². The van der Waals surface area contributed by atoms with Gasteiger partial charge in [0.2, 0.25) is 0 Å². The van der Waals surface area contributed by atoms with E-state index in [1.165, 1.54) is 38.5 Å². The maximum Gasteiger partial charge on any atom is 0.122 e. The number of aromatic nitrogens is 2. The highest BCUT2D eigenvalue weighted by molar-refractivity contribution is 5.03. The molecular formula is C11H17N3O. The van der Waals surface area contributed by atoms with E-state index in [0.29, 0.717) is 12.1 Å². The van der Waals surface area contributed by atoms with E-state index in [9.17, 15) is 0 Å². The van der Waals surface area contributed by atoms with Gasteiger partial charge in [0, 0.05) is 6.04 Å². The summed E-state index contributed by atoms with van der Waals surface area (Å²) in [6, 6.07) is 1.07. The van der Waals surface area contributed by atoms with Gasteiger partial charge in [-0.25, -0.2) is 4.63 Å². The molecule has 3 atom stereocenters. The number of hydrogen-bond acceptors (Lipinski definition) is 4. The van der Waals surface area contributed by atoms with Crippen LogP contribution < -0.4 is 5.32 Å². The van der Waals surface area contributed by atoms with Crippen molar-refractivity contribution in [3.8, 4) is 0 Å². The Morgan fingerprint density at radius 3 is 3.00 bits per heavy atom. The lowest BCUT2D eigenvalue weighted by molar-refractivity contribution is 0.172. The predicted octanol–water partition coefficient (Wildman–Crippen LogP) is 2.05. The van der Waals surface area contributed by atoms with Crippen molar-refractivity contribution in [3.63, 3.8) is 0 Å². The number of hydrogen-bond donors (Lipinski definition) is 1. The molecule has 1 N–H and O–H groups in total. The quantitative estimate of drug-likeness (QED) is 0.765. The molecule has 0 amide bonds. The second kappa shape index (κ2) is 3.93. The van der Waals surface area contributed by atoms with Crippen LogP contribution in [0.4, 0.5) is 0 Å². The van der Waals surface area contributed by atoms with Crippen molar-refractivity contribution in [3.05, 3.63) is 11.9 Å². The van der Waals surface area contributed by atoms with E-state index in [2.05, 4.69) is 20.3 Å². The SMILES string of the molecule is c1nonc1C1CCC2CCCCC2N1. The largest absolute Gasteiger partial charge is 0.305 e. The van der Waals surface area contributed by atoms with Crippen LogP contribution in [0.15, 0.2) is 10.8 Å². The highest BCUT2D eigenvalue weighted by Crippen LogP contribution is 2.36. The second-order valence-corrected chi connectivity index (χ2v) is 4.78. The summed E-state index contributed by atoms with van der Waals surface area (Å²) in [4.78, 5) is 0. The predicted molar refractivity (Wildman–Crippen MR) is 55.2 cm³/mol. The van der Waals surface area contributed by atoms with Crippen LogP contribution in [0.1, 0.15) is 50.3 Å². The van der Waals surface area contributed by atoms with Crippen molar-refractivity contribution < 1.29 is 4.63 Å². The van der Waals surface area contributed by atoms with Gasteiger partial charge in [-0.05, 0) is 31.6 Å². The van der Waals surface area contributed by atoms with Crippen molar-refractivity contribution in [2.45, 2.75) is 50.6 Å². The minimum absolute atomic E-state index is 0.371. The molecule has 1 saturated heterocycles. The van der Waals surface area contributed by atoms with Gasteiger partial charge in [-0.2, -0.15) is 0 Å². The van der Waals surface area contributed by atoms with Gasteiger partial charge in [-0.15, -0.1) is 0 Å². The first-order chi connectivity index (χ1) is 7.43. The van der Waals surface area contributed by atoms with Gasteiger partial charge < -0.3 is 5.32 Å². The minimum Gasteiger partial charge on any atom is -0.305 e. The van der Waals surface area contributed by atoms with E-state index in [1.54, 1.807) is 6.20 Å². The lowest BCUT2D eigenvalue weighted by Crippen LogP contribution is -2.44. The maximum absolute atomic E-state index is 4.66. The Hall–Kier alpha value is -0.900. The van der Waals surface area contributed by atoms with Crippen LogP contribution in [0.3, 0.4) is 0 Å². The Bertz CT molecular complexity index is 312. The third-order valence-corrected chi connectivity index (χ3v) is 3.89. The van der Waals surface area contributed by atoms with Gasteiger partial charge in [0.15, 0.2) is 0 Å². The molecule has 4 heteroatoms. The third kappa shape index (κ3) is 1.78. The van der Waals surface area contributed by atoms with Crippen molar-refractivity contribution in [2.75, 3.05) is 0 Å². The molecule has 0 spiro atoms. The first-order valence-corrected chi connectivity index (χ1v) is 5.97. The summed E-state index contributed by atoms with van der Waals surface area (Å²) >= 11 is 0. The van der Waals surface area contributed by atoms with E-state index in [4.69, 9.17) is 0 Å². The number of fused-ring (bicyclic) bond motifs is 1. The Morgan fingerprint density at radius 1 is 1.20 bits per heavy atom. The van der Waals surface area contributed by atoms with Gasteiger partial charge >= 0.3 is 0 Å². The highest BCUT2D eigenvalue weighted by Gasteiger charge is 2.33. The van der Waals surface area contributed by atoms with Crippen molar-refractivity contribution in [1.29, 1.82) is 0 Å². The molecule has 0 bridgehead atoms. The number of rotatable bonds is 1. The van der Waals surface area contributed by atoms with Crippen LogP contribution in [0.2, 0.25) is 0 Å². The first kappa shape index (κ1) is 9.33. The Balaban J connectivity index is 1.70. The average Bonchev–Trinajstić information content (AvgIpc) is 2.82. The molecule has 0 radical (unpaired) electrons. The van der Waals surface area contributed by atoms with E-state index in [-0.39, 0.29) is 0 Å². The summed E-state index contributed by atoms with van der Waals surface area (Å²) in [6.07, 6.45) is 9.76. The molecule has 2 heterocycles. The van der Waals surface area contributed by atoms with Gasteiger partial charge in [0.05, 0.1) is 12.2 Å².